The van der Waals surface area contributed by atoms with Crippen molar-refractivity contribution in [1.82, 2.24) is 0 Å². The predicted molar refractivity (Wildman–Crippen MR) is 140 cm³/mol. The standard InChI is InChI=1S/C27H30O16/c28-7-15-18(34)20(36)22(38)26(40-15)43-25-21(37)19(35)16(8-29)41-27(25)42-23-13(33)5-11(31)17-12(32)6-14(39-24(17)23)9-1-3-10(30)4-2-9/h1-6,15-16,18-22,25-31,33-38H,7-8H2/t15-,16+,18-,19+,20+,21-,22+,25+,26-,27-/m0/s1. The second kappa shape index (κ2) is 12.2. The molecule has 10 N–H and O–H groups in total. The molecule has 3 aromatic rings. The van der Waals surface area contributed by atoms with Crippen LogP contribution in [0.1, 0.15) is 0 Å². The van der Waals surface area contributed by atoms with E-state index in [4.69, 9.17) is 23.4 Å². The molecule has 3 heterocycles. The Kier molecular flexibility index (Phi) is 8.77. The summed E-state index contributed by atoms with van der Waals surface area (Å²) in [6.07, 6.45) is -17.6. The summed E-state index contributed by atoms with van der Waals surface area (Å²) in [7, 11) is 0. The van der Waals surface area contributed by atoms with Crippen molar-refractivity contribution >= 4 is 11.0 Å². The van der Waals surface area contributed by atoms with Gasteiger partial charge in [0.1, 0.15) is 65.4 Å². The fourth-order valence-electron chi connectivity index (χ4n) is 4.91. The molecule has 16 nitrogen and oxygen atoms in total. The Balaban J connectivity index is 1.56. The molecule has 0 spiro atoms. The van der Waals surface area contributed by atoms with Crippen LogP contribution < -0.4 is 10.2 Å². The van der Waals surface area contributed by atoms with E-state index in [1.807, 2.05) is 0 Å². The Hall–Kier alpha value is -3.55. The van der Waals surface area contributed by atoms with Crippen molar-refractivity contribution in [3.8, 4) is 34.3 Å². The lowest BCUT2D eigenvalue weighted by molar-refractivity contribution is -0.357. The smallest absolute Gasteiger partial charge is 0.230 e. The lowest BCUT2D eigenvalue weighted by Gasteiger charge is -2.45. The van der Waals surface area contributed by atoms with Crippen molar-refractivity contribution in [3.63, 3.8) is 0 Å². The van der Waals surface area contributed by atoms with Crippen molar-refractivity contribution in [1.29, 1.82) is 0 Å². The molecule has 43 heavy (non-hydrogen) atoms. The molecule has 1 aromatic heterocycles. The number of hydrogen-bond donors (Lipinski definition) is 10. The lowest BCUT2D eigenvalue weighted by atomic mass is 9.97. The van der Waals surface area contributed by atoms with E-state index < -0.39 is 108 Å². The van der Waals surface area contributed by atoms with Gasteiger partial charge in [0.15, 0.2) is 29.2 Å². The number of benzene rings is 2. The minimum absolute atomic E-state index is 0.0604. The van der Waals surface area contributed by atoms with Crippen molar-refractivity contribution in [3.05, 3.63) is 46.6 Å². The van der Waals surface area contributed by atoms with E-state index >= 15 is 0 Å². The Morgan fingerprint density at radius 3 is 1.95 bits per heavy atom. The molecule has 2 fully saturated rings. The normalized spacial score (nSPS) is 33.0. The zero-order valence-electron chi connectivity index (χ0n) is 22.1. The highest BCUT2D eigenvalue weighted by atomic mass is 16.8. The number of ether oxygens (including phenoxy) is 4. The van der Waals surface area contributed by atoms with Gasteiger partial charge in [0.05, 0.1) is 13.2 Å². The molecule has 2 aromatic carbocycles. The number of phenols is 3. The van der Waals surface area contributed by atoms with Crippen LogP contribution in [0.15, 0.2) is 45.6 Å². The van der Waals surface area contributed by atoms with Crippen molar-refractivity contribution < 1.29 is 74.4 Å². The van der Waals surface area contributed by atoms with Gasteiger partial charge in [0, 0.05) is 17.7 Å². The molecule has 0 bridgehead atoms. The number of rotatable bonds is 7. The summed E-state index contributed by atoms with van der Waals surface area (Å²) in [5, 5.41) is 102. The minimum Gasteiger partial charge on any atom is -0.508 e. The molecule has 2 saturated heterocycles. The van der Waals surface area contributed by atoms with Crippen LogP contribution in [0, 0.1) is 0 Å². The van der Waals surface area contributed by atoms with E-state index in [-0.39, 0.29) is 11.5 Å². The number of phenolic OH excluding ortho intramolecular Hbond substituents is 3. The van der Waals surface area contributed by atoms with Crippen LogP contribution in [0.5, 0.6) is 23.0 Å². The quantitative estimate of drug-likeness (QED) is 0.133. The van der Waals surface area contributed by atoms with Gasteiger partial charge in [-0.2, -0.15) is 0 Å². The third kappa shape index (κ3) is 5.73. The third-order valence-corrected chi connectivity index (χ3v) is 7.27. The van der Waals surface area contributed by atoms with E-state index in [1.165, 1.54) is 24.3 Å². The molecule has 0 radical (unpaired) electrons. The second-order valence-electron chi connectivity index (χ2n) is 10.1. The molecule has 10 atom stereocenters. The van der Waals surface area contributed by atoms with Crippen molar-refractivity contribution in [2.45, 2.75) is 61.4 Å². The Bertz CT molecular complexity index is 1490. The Morgan fingerprint density at radius 1 is 0.721 bits per heavy atom. The van der Waals surface area contributed by atoms with E-state index in [1.54, 1.807) is 0 Å². The fourth-order valence-corrected chi connectivity index (χ4v) is 4.91. The van der Waals surface area contributed by atoms with E-state index in [0.29, 0.717) is 5.56 Å². The van der Waals surface area contributed by atoms with E-state index in [0.717, 1.165) is 12.1 Å². The monoisotopic (exact) mass is 610 g/mol. The fraction of sp³-hybridized carbons (Fsp3) is 0.444. The van der Waals surface area contributed by atoms with Crippen LogP contribution in [0.2, 0.25) is 0 Å². The summed E-state index contributed by atoms with van der Waals surface area (Å²) in [5.74, 6) is -2.17. The number of aromatic hydroxyl groups is 3. The number of hydrogen-bond acceptors (Lipinski definition) is 16. The van der Waals surface area contributed by atoms with Gasteiger partial charge in [-0.05, 0) is 24.3 Å². The molecular weight excluding hydrogens is 580 g/mol. The zero-order chi connectivity index (χ0) is 31.2. The van der Waals surface area contributed by atoms with Gasteiger partial charge in [-0.15, -0.1) is 0 Å². The molecular formula is C27H30O16. The van der Waals surface area contributed by atoms with Crippen LogP contribution in [0.3, 0.4) is 0 Å². The van der Waals surface area contributed by atoms with Gasteiger partial charge in [-0.3, -0.25) is 4.79 Å². The average Bonchev–Trinajstić information content (AvgIpc) is 2.98. The third-order valence-electron chi connectivity index (χ3n) is 7.27. The highest BCUT2D eigenvalue weighted by molar-refractivity contribution is 5.91. The van der Waals surface area contributed by atoms with Crippen LogP contribution in [-0.2, 0) is 14.2 Å². The highest BCUT2D eigenvalue weighted by Gasteiger charge is 2.51. The maximum atomic E-state index is 13.0. The summed E-state index contributed by atoms with van der Waals surface area (Å²) in [6, 6.07) is 7.35. The maximum Gasteiger partial charge on any atom is 0.230 e. The average molecular weight is 611 g/mol. The molecule has 0 saturated carbocycles. The van der Waals surface area contributed by atoms with E-state index in [9.17, 15) is 55.9 Å². The summed E-state index contributed by atoms with van der Waals surface area (Å²) < 4.78 is 28.1. The summed E-state index contributed by atoms with van der Waals surface area (Å²) in [4.78, 5) is 13.0. The highest BCUT2D eigenvalue weighted by Crippen LogP contribution is 2.42. The molecule has 0 amide bonds. The second-order valence-corrected chi connectivity index (χ2v) is 10.1. The van der Waals surface area contributed by atoms with Gasteiger partial charge in [0.2, 0.25) is 12.0 Å². The minimum atomic E-state index is -1.92. The van der Waals surface area contributed by atoms with Crippen molar-refractivity contribution in [2.24, 2.45) is 0 Å². The Morgan fingerprint density at radius 2 is 1.33 bits per heavy atom. The first kappa shape index (κ1) is 30.9. The summed E-state index contributed by atoms with van der Waals surface area (Å²) in [5.41, 5.74) is -0.916. The van der Waals surface area contributed by atoms with E-state index in [2.05, 4.69) is 0 Å². The van der Waals surface area contributed by atoms with Gasteiger partial charge in [0.25, 0.3) is 0 Å². The summed E-state index contributed by atoms with van der Waals surface area (Å²) >= 11 is 0. The Labute approximate surface area is 241 Å². The van der Waals surface area contributed by atoms with Crippen LogP contribution in [0.25, 0.3) is 22.3 Å². The van der Waals surface area contributed by atoms with Gasteiger partial charge in [-0.1, -0.05) is 0 Å². The van der Waals surface area contributed by atoms with Gasteiger partial charge in [-0.25, -0.2) is 0 Å². The molecule has 0 aliphatic carbocycles. The predicted octanol–water partition coefficient (Wildman–Crippen LogP) is -2.42. The SMILES string of the molecule is O=c1cc(-c2ccc(O)cc2)oc2c(O[C@@H]3O[C@H](CO)[C@@H](O)[C@H](O)[C@H]3O[C@@H]3O[C@@H](CO)[C@H](O)[C@@H](O)[C@H]3O)c(O)cc(O)c12. The topological polar surface area (TPSA) is 269 Å². The lowest BCUT2D eigenvalue weighted by Crippen LogP contribution is -2.65. The first-order valence-corrected chi connectivity index (χ1v) is 13.0. The first-order chi connectivity index (χ1) is 20.4. The largest absolute Gasteiger partial charge is 0.508 e. The van der Waals surface area contributed by atoms with Crippen molar-refractivity contribution in [2.75, 3.05) is 13.2 Å². The number of aliphatic hydroxyl groups excluding tert-OH is 7. The number of aliphatic hydroxyl groups is 7. The molecule has 0 unspecified atom stereocenters. The number of fused-ring (bicyclic) bond motifs is 1. The maximum absolute atomic E-state index is 13.0. The molecule has 2 aliphatic heterocycles. The molecule has 2 aliphatic rings. The summed E-state index contributed by atoms with van der Waals surface area (Å²) in [6.45, 7) is -1.62. The molecule has 234 valence electrons. The zero-order valence-corrected chi connectivity index (χ0v) is 22.1. The van der Waals surface area contributed by atoms with Gasteiger partial charge < -0.3 is 74.4 Å². The van der Waals surface area contributed by atoms with Crippen LogP contribution in [0.4, 0.5) is 0 Å². The molecule has 5 rings (SSSR count). The van der Waals surface area contributed by atoms with Crippen LogP contribution >= 0.6 is 0 Å². The molecule has 16 heteroatoms. The van der Waals surface area contributed by atoms with Crippen LogP contribution in [-0.4, -0.2) is 126 Å². The first-order valence-electron chi connectivity index (χ1n) is 13.0. The van der Waals surface area contributed by atoms with Gasteiger partial charge >= 0.3 is 0 Å².